The lowest BCUT2D eigenvalue weighted by atomic mass is 10.0. The van der Waals surface area contributed by atoms with E-state index in [-0.39, 0.29) is 19.8 Å². The van der Waals surface area contributed by atoms with Gasteiger partial charge in [-0.25, -0.2) is 0 Å². The van der Waals surface area contributed by atoms with Crippen molar-refractivity contribution in [3.8, 4) is 5.75 Å². The second-order valence-corrected chi connectivity index (χ2v) is 5.89. The van der Waals surface area contributed by atoms with E-state index in [0.29, 0.717) is 5.75 Å². The Morgan fingerprint density at radius 1 is 0.957 bits per heavy atom. The van der Waals surface area contributed by atoms with Crippen LogP contribution in [-0.4, -0.2) is 36.3 Å². The minimum absolute atomic E-state index is 0.0555. The van der Waals surface area contributed by atoms with E-state index in [9.17, 15) is 5.11 Å². The van der Waals surface area contributed by atoms with Crippen molar-refractivity contribution < 1.29 is 19.7 Å². The van der Waals surface area contributed by atoms with Crippen molar-refractivity contribution in [3.05, 3.63) is 29.8 Å². The zero-order chi connectivity index (χ0) is 16.8. The fourth-order valence-electron chi connectivity index (χ4n) is 2.46. The molecule has 2 N–H and O–H groups in total. The molecule has 0 bridgehead atoms. The first kappa shape index (κ1) is 19.9. The molecule has 1 aromatic carbocycles. The van der Waals surface area contributed by atoms with E-state index < -0.39 is 6.29 Å². The average molecular weight is 324 g/mol. The molecular weight excluding hydrogens is 292 g/mol. The van der Waals surface area contributed by atoms with Crippen molar-refractivity contribution >= 4 is 0 Å². The molecule has 0 aliphatic rings. The van der Waals surface area contributed by atoms with Crippen LogP contribution in [0.4, 0.5) is 0 Å². The van der Waals surface area contributed by atoms with Crippen LogP contribution in [0.3, 0.4) is 0 Å². The minimum atomic E-state index is -1.00. The van der Waals surface area contributed by atoms with Crippen molar-refractivity contribution in [1.29, 1.82) is 0 Å². The van der Waals surface area contributed by atoms with Crippen molar-refractivity contribution in [3.63, 3.8) is 0 Å². The van der Waals surface area contributed by atoms with Crippen molar-refractivity contribution in [2.45, 2.75) is 64.6 Å². The lowest BCUT2D eigenvalue weighted by Gasteiger charge is -2.13. The molecule has 0 radical (unpaired) electrons. The molecule has 0 spiro atoms. The van der Waals surface area contributed by atoms with E-state index in [4.69, 9.17) is 14.6 Å². The predicted octanol–water partition coefficient (Wildman–Crippen LogP) is 3.69. The summed E-state index contributed by atoms with van der Waals surface area (Å²) in [6.45, 7) is 2.45. The van der Waals surface area contributed by atoms with Gasteiger partial charge in [-0.3, -0.25) is 0 Å². The van der Waals surface area contributed by atoms with E-state index in [1.807, 2.05) is 24.3 Å². The third-order valence-electron chi connectivity index (χ3n) is 3.76. The Morgan fingerprint density at radius 2 is 1.61 bits per heavy atom. The van der Waals surface area contributed by atoms with Gasteiger partial charge in [-0.05, 0) is 30.5 Å². The molecule has 1 aromatic rings. The molecule has 4 heteroatoms. The number of benzene rings is 1. The summed E-state index contributed by atoms with van der Waals surface area (Å²) in [7, 11) is 0. The van der Waals surface area contributed by atoms with E-state index in [2.05, 4.69) is 6.92 Å². The van der Waals surface area contributed by atoms with Gasteiger partial charge in [-0.1, -0.05) is 57.6 Å². The number of aryl methyl sites for hydroxylation is 1. The Labute approximate surface area is 140 Å². The highest BCUT2D eigenvalue weighted by Crippen LogP contribution is 2.16. The molecule has 0 aliphatic heterocycles. The first-order chi connectivity index (χ1) is 11.3. The number of ether oxygens (including phenoxy) is 2. The number of hydrogen-bond acceptors (Lipinski definition) is 4. The summed E-state index contributed by atoms with van der Waals surface area (Å²) >= 11 is 0. The molecule has 0 fully saturated rings. The highest BCUT2D eigenvalue weighted by Gasteiger charge is 2.06. The first-order valence-corrected chi connectivity index (χ1v) is 8.88. The van der Waals surface area contributed by atoms with Crippen LogP contribution in [0.25, 0.3) is 0 Å². The van der Waals surface area contributed by atoms with Gasteiger partial charge in [0.25, 0.3) is 0 Å². The topological polar surface area (TPSA) is 58.9 Å². The van der Waals surface area contributed by atoms with Crippen molar-refractivity contribution in [1.82, 2.24) is 0 Å². The second kappa shape index (κ2) is 13.3. The van der Waals surface area contributed by atoms with E-state index in [1.165, 1.54) is 50.5 Å². The molecule has 1 atom stereocenters. The van der Waals surface area contributed by atoms with Crippen LogP contribution in [0.5, 0.6) is 5.75 Å². The number of aliphatic hydroxyl groups is 2. The summed E-state index contributed by atoms with van der Waals surface area (Å²) in [5.74, 6) is 0.633. The molecule has 0 saturated heterocycles. The summed E-state index contributed by atoms with van der Waals surface area (Å²) in [5.41, 5.74) is 1.30. The Bertz CT molecular complexity index is 377. The van der Waals surface area contributed by atoms with E-state index >= 15 is 0 Å². The molecule has 132 valence electrons. The van der Waals surface area contributed by atoms with Gasteiger partial charge in [0.1, 0.15) is 12.4 Å². The molecule has 1 rings (SSSR count). The lowest BCUT2D eigenvalue weighted by molar-refractivity contribution is -0.0809. The maximum atomic E-state index is 9.63. The highest BCUT2D eigenvalue weighted by molar-refractivity contribution is 5.27. The van der Waals surface area contributed by atoms with Gasteiger partial charge in [-0.15, -0.1) is 0 Å². The van der Waals surface area contributed by atoms with Crippen LogP contribution >= 0.6 is 0 Å². The molecule has 0 heterocycles. The molecule has 0 amide bonds. The minimum Gasteiger partial charge on any atom is -0.463 e. The Morgan fingerprint density at radius 3 is 2.26 bits per heavy atom. The van der Waals surface area contributed by atoms with Gasteiger partial charge in [0.15, 0.2) is 0 Å². The Balaban J connectivity index is 2.15. The SMILES string of the molecule is CCCCCCCCCc1ccc(OC(O)COCCO)cc1. The van der Waals surface area contributed by atoms with Crippen LogP contribution in [0.15, 0.2) is 24.3 Å². The molecule has 1 unspecified atom stereocenters. The zero-order valence-corrected chi connectivity index (χ0v) is 14.4. The smallest absolute Gasteiger partial charge is 0.221 e. The molecule has 23 heavy (non-hydrogen) atoms. The monoisotopic (exact) mass is 324 g/mol. The quantitative estimate of drug-likeness (QED) is 0.405. The maximum absolute atomic E-state index is 9.63. The third kappa shape index (κ3) is 10.3. The Kier molecular flexibility index (Phi) is 11.6. The van der Waals surface area contributed by atoms with Gasteiger partial charge in [0, 0.05) is 0 Å². The average Bonchev–Trinajstić information content (AvgIpc) is 2.56. The number of unbranched alkanes of at least 4 members (excludes halogenated alkanes) is 6. The fourth-order valence-corrected chi connectivity index (χ4v) is 2.46. The van der Waals surface area contributed by atoms with Crippen molar-refractivity contribution in [2.75, 3.05) is 19.8 Å². The summed E-state index contributed by atoms with van der Waals surface area (Å²) < 4.78 is 10.4. The van der Waals surface area contributed by atoms with E-state index in [1.54, 1.807) is 0 Å². The maximum Gasteiger partial charge on any atom is 0.221 e. The van der Waals surface area contributed by atoms with Gasteiger partial charge in [-0.2, -0.15) is 0 Å². The number of rotatable bonds is 14. The summed E-state index contributed by atoms with van der Waals surface area (Å²) in [6, 6.07) is 7.86. The number of hydrogen-bond donors (Lipinski definition) is 2. The van der Waals surface area contributed by atoms with Crippen LogP contribution in [0.1, 0.15) is 57.4 Å². The predicted molar refractivity (Wildman–Crippen MR) is 92.7 cm³/mol. The molecule has 0 aromatic heterocycles. The van der Waals surface area contributed by atoms with E-state index in [0.717, 1.165) is 6.42 Å². The first-order valence-electron chi connectivity index (χ1n) is 8.88. The Hall–Kier alpha value is -1.10. The largest absolute Gasteiger partial charge is 0.463 e. The second-order valence-electron chi connectivity index (χ2n) is 5.89. The molecule has 0 saturated carbocycles. The zero-order valence-electron chi connectivity index (χ0n) is 14.4. The third-order valence-corrected chi connectivity index (χ3v) is 3.76. The summed E-state index contributed by atoms with van der Waals surface area (Å²) in [5, 5.41) is 18.2. The van der Waals surface area contributed by atoms with Crippen LogP contribution in [0.2, 0.25) is 0 Å². The molecular formula is C19H32O4. The van der Waals surface area contributed by atoms with Crippen LogP contribution in [-0.2, 0) is 11.2 Å². The molecule has 4 nitrogen and oxygen atoms in total. The summed E-state index contributed by atoms with van der Waals surface area (Å²) in [4.78, 5) is 0. The fraction of sp³-hybridized carbons (Fsp3) is 0.684. The van der Waals surface area contributed by atoms with Gasteiger partial charge < -0.3 is 19.7 Å². The van der Waals surface area contributed by atoms with Crippen LogP contribution < -0.4 is 4.74 Å². The number of aliphatic hydroxyl groups excluding tert-OH is 2. The van der Waals surface area contributed by atoms with Gasteiger partial charge >= 0.3 is 0 Å². The summed E-state index contributed by atoms with van der Waals surface area (Å²) in [6.07, 6.45) is 9.33. The highest BCUT2D eigenvalue weighted by atomic mass is 16.6. The lowest BCUT2D eigenvalue weighted by Crippen LogP contribution is -2.23. The molecule has 0 aliphatic carbocycles. The van der Waals surface area contributed by atoms with Gasteiger partial charge in [0.2, 0.25) is 6.29 Å². The van der Waals surface area contributed by atoms with Crippen LogP contribution in [0, 0.1) is 0 Å². The normalized spacial score (nSPS) is 12.3. The van der Waals surface area contributed by atoms with Gasteiger partial charge in [0.05, 0.1) is 13.2 Å². The van der Waals surface area contributed by atoms with Crippen molar-refractivity contribution in [2.24, 2.45) is 0 Å². The standard InChI is InChI=1S/C19H32O4/c1-2-3-4-5-6-7-8-9-17-10-12-18(13-11-17)23-19(21)16-22-15-14-20/h10-13,19-21H,2-9,14-16H2,1H3.